The second-order valence-corrected chi connectivity index (χ2v) is 10.1. The van der Waals surface area contributed by atoms with Crippen molar-refractivity contribution < 1.29 is 9.50 Å². The normalized spacial score (nSPS) is 14.4. The molecule has 0 unspecified atom stereocenters. The van der Waals surface area contributed by atoms with Crippen molar-refractivity contribution in [2.45, 2.75) is 25.8 Å². The highest BCUT2D eigenvalue weighted by Gasteiger charge is 2.17. The van der Waals surface area contributed by atoms with Crippen molar-refractivity contribution in [3.8, 4) is 39.5 Å². The molecule has 0 aliphatic carbocycles. The molecule has 1 aromatic carbocycles. The molecule has 1 aliphatic rings. The summed E-state index contributed by atoms with van der Waals surface area (Å²) in [6.07, 6.45) is 9.26. The van der Waals surface area contributed by atoms with Gasteiger partial charge in [-0.1, -0.05) is 6.42 Å². The van der Waals surface area contributed by atoms with E-state index in [0.29, 0.717) is 16.9 Å². The van der Waals surface area contributed by atoms with Gasteiger partial charge < -0.3 is 10.1 Å². The van der Waals surface area contributed by atoms with Gasteiger partial charge in [0, 0.05) is 42.2 Å². The zero-order valence-corrected chi connectivity index (χ0v) is 21.2. The van der Waals surface area contributed by atoms with Gasteiger partial charge in [0.05, 0.1) is 16.9 Å². The molecule has 0 spiro atoms. The van der Waals surface area contributed by atoms with Gasteiger partial charge in [-0.25, -0.2) is 14.4 Å². The highest BCUT2D eigenvalue weighted by Crippen LogP contribution is 2.34. The van der Waals surface area contributed by atoms with Gasteiger partial charge in [0.25, 0.3) is 0 Å². The molecule has 0 amide bonds. The van der Waals surface area contributed by atoms with Gasteiger partial charge >= 0.3 is 0 Å². The number of hydrogen-bond donors (Lipinski definition) is 3. The highest BCUT2D eigenvalue weighted by molar-refractivity contribution is 5.99. The van der Waals surface area contributed by atoms with Crippen LogP contribution in [0.25, 0.3) is 55.8 Å². The summed E-state index contributed by atoms with van der Waals surface area (Å²) in [6, 6.07) is 13.9. The van der Waals surface area contributed by atoms with E-state index in [4.69, 9.17) is 4.98 Å². The Morgan fingerprint density at radius 3 is 2.72 bits per heavy atom. The molecule has 194 valence electrons. The van der Waals surface area contributed by atoms with Crippen LogP contribution in [0, 0.1) is 5.82 Å². The standard InChI is InChI=1S/C30H26FN7O/c31-21-11-19(12-22(39)13-21)23-6-7-33-30-24(23)14-27(35-30)29-28-26(36-37-29)5-4-25(34-28)20-10-18(15-32-16-20)17-38-8-2-1-3-9-38/h4-7,10-16,39H,1-3,8-9,17H2,(H,33,35)(H,36,37). The van der Waals surface area contributed by atoms with E-state index in [1.54, 1.807) is 12.3 Å². The van der Waals surface area contributed by atoms with E-state index in [1.807, 2.05) is 30.6 Å². The van der Waals surface area contributed by atoms with Crippen molar-refractivity contribution in [1.82, 2.24) is 35.0 Å². The van der Waals surface area contributed by atoms with Crippen LogP contribution in [0.1, 0.15) is 24.8 Å². The molecular formula is C30H26FN7O. The van der Waals surface area contributed by atoms with Crippen molar-refractivity contribution >= 4 is 22.1 Å². The predicted octanol–water partition coefficient (Wildman–Crippen LogP) is 6.06. The van der Waals surface area contributed by atoms with Crippen LogP contribution in [0.15, 0.2) is 67.1 Å². The number of nitrogens with zero attached hydrogens (tertiary/aromatic N) is 5. The smallest absolute Gasteiger partial charge is 0.138 e. The summed E-state index contributed by atoms with van der Waals surface area (Å²) in [5.74, 6) is -0.634. The first-order valence-electron chi connectivity index (χ1n) is 13.1. The van der Waals surface area contributed by atoms with Gasteiger partial charge in [-0.15, -0.1) is 0 Å². The molecule has 6 heterocycles. The van der Waals surface area contributed by atoms with E-state index in [2.05, 4.69) is 36.1 Å². The quantitative estimate of drug-likeness (QED) is 0.256. The van der Waals surface area contributed by atoms with E-state index < -0.39 is 5.82 Å². The van der Waals surface area contributed by atoms with Crippen LogP contribution < -0.4 is 0 Å². The number of phenolic OH excluding ortho intramolecular Hbond substituents is 1. The van der Waals surface area contributed by atoms with Crippen LogP contribution in [-0.4, -0.2) is 53.2 Å². The minimum atomic E-state index is -0.504. The van der Waals surface area contributed by atoms with Crippen molar-refractivity contribution in [2.75, 3.05) is 13.1 Å². The Balaban J connectivity index is 1.26. The fourth-order valence-corrected chi connectivity index (χ4v) is 5.47. The maximum Gasteiger partial charge on any atom is 0.138 e. The number of benzene rings is 1. The molecule has 6 aromatic rings. The average Bonchev–Trinajstić information content (AvgIpc) is 3.57. The summed E-state index contributed by atoms with van der Waals surface area (Å²) < 4.78 is 14.0. The molecule has 0 atom stereocenters. The second-order valence-electron chi connectivity index (χ2n) is 10.1. The summed E-state index contributed by atoms with van der Waals surface area (Å²) in [6.45, 7) is 3.16. The Kier molecular flexibility index (Phi) is 5.78. The number of likely N-dealkylation sites (tertiary alicyclic amines) is 1. The van der Waals surface area contributed by atoms with Gasteiger partial charge in [0.1, 0.15) is 28.4 Å². The van der Waals surface area contributed by atoms with E-state index in [0.717, 1.165) is 64.6 Å². The molecule has 5 aromatic heterocycles. The van der Waals surface area contributed by atoms with Crippen LogP contribution in [0.2, 0.25) is 0 Å². The zero-order valence-electron chi connectivity index (χ0n) is 21.2. The van der Waals surface area contributed by atoms with Crippen molar-refractivity contribution in [3.63, 3.8) is 0 Å². The first-order valence-corrected chi connectivity index (χ1v) is 13.1. The van der Waals surface area contributed by atoms with Gasteiger partial charge in [-0.05, 0) is 85.1 Å². The Bertz CT molecular complexity index is 1800. The molecule has 0 bridgehead atoms. The number of halogens is 1. The summed E-state index contributed by atoms with van der Waals surface area (Å²) in [5.41, 5.74) is 7.85. The molecule has 3 N–H and O–H groups in total. The number of nitrogens with one attached hydrogen (secondary N) is 2. The van der Waals surface area contributed by atoms with Crippen molar-refractivity contribution in [1.29, 1.82) is 0 Å². The third kappa shape index (κ3) is 4.51. The largest absolute Gasteiger partial charge is 0.508 e. The van der Waals surface area contributed by atoms with Gasteiger partial charge in [0.2, 0.25) is 0 Å². The number of aromatic amines is 2. The van der Waals surface area contributed by atoms with E-state index >= 15 is 0 Å². The second kappa shape index (κ2) is 9.59. The van der Waals surface area contributed by atoms with Crippen LogP contribution in [0.5, 0.6) is 5.75 Å². The van der Waals surface area contributed by atoms with Crippen LogP contribution in [-0.2, 0) is 6.54 Å². The number of H-pyrrole nitrogens is 2. The van der Waals surface area contributed by atoms with E-state index in [9.17, 15) is 9.50 Å². The number of rotatable bonds is 5. The van der Waals surface area contributed by atoms with E-state index in [1.165, 1.54) is 37.0 Å². The zero-order chi connectivity index (χ0) is 26.3. The SMILES string of the molecule is Oc1cc(F)cc(-c2ccnc3[nH]c(-c4n[nH]c5ccc(-c6cncc(CN7CCCCC7)c6)nc45)cc23)c1. The molecule has 39 heavy (non-hydrogen) atoms. The lowest BCUT2D eigenvalue weighted by Gasteiger charge is -2.26. The number of fused-ring (bicyclic) bond motifs is 2. The topological polar surface area (TPSA) is 107 Å². The van der Waals surface area contributed by atoms with Gasteiger partial charge in [0.15, 0.2) is 0 Å². The minimum absolute atomic E-state index is 0.129. The summed E-state index contributed by atoms with van der Waals surface area (Å²) in [5, 5.41) is 18.3. The maximum absolute atomic E-state index is 14.0. The Hall–Kier alpha value is -4.63. The van der Waals surface area contributed by atoms with Gasteiger partial charge in [-0.3, -0.25) is 15.0 Å². The molecule has 0 saturated carbocycles. The molecule has 1 fully saturated rings. The lowest BCUT2D eigenvalue weighted by Crippen LogP contribution is -2.29. The van der Waals surface area contributed by atoms with Crippen LogP contribution in [0.3, 0.4) is 0 Å². The lowest BCUT2D eigenvalue weighted by atomic mass is 10.0. The molecular weight excluding hydrogens is 493 g/mol. The number of piperidine rings is 1. The average molecular weight is 520 g/mol. The molecule has 8 nitrogen and oxygen atoms in total. The third-order valence-electron chi connectivity index (χ3n) is 7.33. The Morgan fingerprint density at radius 1 is 0.949 bits per heavy atom. The van der Waals surface area contributed by atoms with Crippen molar-refractivity contribution in [2.24, 2.45) is 0 Å². The molecule has 9 heteroatoms. The first kappa shape index (κ1) is 23.5. The Morgan fingerprint density at radius 2 is 1.85 bits per heavy atom. The molecule has 1 aliphatic heterocycles. The highest BCUT2D eigenvalue weighted by atomic mass is 19.1. The predicted molar refractivity (Wildman–Crippen MR) is 148 cm³/mol. The molecule has 7 rings (SSSR count). The minimum Gasteiger partial charge on any atom is -0.508 e. The number of hydrogen-bond acceptors (Lipinski definition) is 6. The van der Waals surface area contributed by atoms with E-state index in [-0.39, 0.29) is 5.75 Å². The fraction of sp³-hybridized carbons (Fsp3) is 0.200. The molecule has 1 saturated heterocycles. The van der Waals surface area contributed by atoms with Crippen LogP contribution in [0.4, 0.5) is 4.39 Å². The van der Waals surface area contributed by atoms with Crippen molar-refractivity contribution in [3.05, 3.63) is 78.5 Å². The summed E-state index contributed by atoms with van der Waals surface area (Å²) in [7, 11) is 0. The monoisotopic (exact) mass is 519 g/mol. The number of aromatic nitrogens is 6. The summed E-state index contributed by atoms with van der Waals surface area (Å²) in [4.78, 5) is 19.8. The number of phenols is 1. The van der Waals surface area contributed by atoms with Gasteiger partial charge in [-0.2, -0.15) is 5.10 Å². The van der Waals surface area contributed by atoms with Crippen LogP contribution >= 0.6 is 0 Å². The Labute approximate surface area is 223 Å². The summed E-state index contributed by atoms with van der Waals surface area (Å²) >= 11 is 0. The molecule has 0 radical (unpaired) electrons. The fourth-order valence-electron chi connectivity index (χ4n) is 5.47. The number of aromatic hydroxyl groups is 1. The number of pyridine rings is 3. The third-order valence-corrected chi connectivity index (χ3v) is 7.33. The first-order chi connectivity index (χ1) is 19.1. The lowest BCUT2D eigenvalue weighted by molar-refractivity contribution is 0.220. The maximum atomic E-state index is 14.0.